The Morgan fingerprint density at radius 2 is 1.00 bits per heavy atom. The summed E-state index contributed by atoms with van der Waals surface area (Å²) in [5.41, 5.74) is -0.326. The first-order chi connectivity index (χ1) is 14.0. The molecule has 1 aromatic rings. The normalized spacial score (nSPS) is 12.3. The molecule has 0 fully saturated rings. The third-order valence-corrected chi connectivity index (χ3v) is 5.53. The van der Waals surface area contributed by atoms with E-state index < -0.39 is 11.2 Å². The van der Waals surface area contributed by atoms with Crippen LogP contribution in [0.25, 0.3) is 0 Å². The quantitative estimate of drug-likeness (QED) is 0.305. The molecule has 0 aliphatic carbocycles. The highest BCUT2D eigenvalue weighted by Crippen LogP contribution is 2.36. The van der Waals surface area contributed by atoms with Gasteiger partial charge in [-0.2, -0.15) is 9.78 Å². The van der Waals surface area contributed by atoms with E-state index in [9.17, 15) is 9.59 Å². The fraction of sp³-hybridized carbons (Fsp3) is 0.667. The fourth-order valence-electron chi connectivity index (χ4n) is 3.29. The van der Waals surface area contributed by atoms with Gasteiger partial charge in [0.25, 0.3) is 0 Å². The van der Waals surface area contributed by atoms with E-state index in [1.54, 1.807) is 0 Å². The van der Waals surface area contributed by atoms with E-state index in [2.05, 4.69) is 0 Å². The molecule has 0 amide bonds. The molecular formula is C24H38O6. The van der Waals surface area contributed by atoms with Gasteiger partial charge in [-0.3, -0.25) is 9.78 Å². The predicted octanol–water partition coefficient (Wildman–Crippen LogP) is 5.98. The molecule has 0 radical (unpaired) electrons. The van der Waals surface area contributed by atoms with E-state index in [4.69, 9.17) is 19.6 Å². The zero-order valence-electron chi connectivity index (χ0n) is 19.7. The van der Waals surface area contributed by atoms with E-state index >= 15 is 0 Å². The summed E-state index contributed by atoms with van der Waals surface area (Å²) in [7, 11) is 0. The molecule has 0 N–H and O–H groups in total. The third kappa shape index (κ3) is 6.81. The zero-order chi connectivity index (χ0) is 22.9. The van der Waals surface area contributed by atoms with E-state index in [1.807, 2.05) is 79.7 Å². The average Bonchev–Trinajstić information content (AvgIpc) is 2.72. The lowest BCUT2D eigenvalue weighted by atomic mass is 9.85. The van der Waals surface area contributed by atoms with E-state index in [0.717, 1.165) is 11.1 Å². The van der Waals surface area contributed by atoms with Crippen molar-refractivity contribution < 1.29 is 29.1 Å². The number of hydrogen-bond donors (Lipinski definition) is 0. The number of benzene rings is 1. The van der Waals surface area contributed by atoms with Crippen LogP contribution in [0, 0.1) is 11.8 Å². The first-order valence-electron chi connectivity index (χ1n) is 10.9. The molecule has 0 aromatic heterocycles. The largest absolute Gasteiger partial charge is 0.345 e. The maximum Gasteiger partial charge on any atom is 0.345 e. The molecule has 0 saturated carbocycles. The topological polar surface area (TPSA) is 71.1 Å². The van der Waals surface area contributed by atoms with Gasteiger partial charge in [0.05, 0.1) is 11.8 Å². The van der Waals surface area contributed by atoms with Crippen LogP contribution >= 0.6 is 0 Å². The Bertz CT molecular complexity index is 628. The lowest BCUT2D eigenvalue weighted by Crippen LogP contribution is -2.32. The second-order valence-electron chi connectivity index (χ2n) is 8.56. The minimum Gasteiger partial charge on any atom is -0.297 e. The number of hydrogen-bond acceptors (Lipinski definition) is 6. The third-order valence-electron chi connectivity index (χ3n) is 5.53. The van der Waals surface area contributed by atoms with Gasteiger partial charge in [-0.25, -0.2) is 9.59 Å². The molecule has 0 unspecified atom stereocenters. The van der Waals surface area contributed by atoms with E-state index in [-0.39, 0.29) is 23.8 Å². The minimum atomic E-state index is -0.932. The molecule has 0 aliphatic rings. The van der Waals surface area contributed by atoms with Crippen LogP contribution < -0.4 is 0 Å². The van der Waals surface area contributed by atoms with Crippen molar-refractivity contribution in [3.05, 3.63) is 35.4 Å². The summed E-state index contributed by atoms with van der Waals surface area (Å²) in [6, 6.07) is 7.51. The molecule has 1 aromatic carbocycles. The second kappa shape index (κ2) is 11.5. The zero-order valence-corrected chi connectivity index (χ0v) is 19.7. The molecule has 6 heteroatoms. The van der Waals surface area contributed by atoms with Crippen LogP contribution in [-0.2, 0) is 40.3 Å². The monoisotopic (exact) mass is 422 g/mol. The predicted molar refractivity (Wildman–Crippen MR) is 115 cm³/mol. The highest BCUT2D eigenvalue weighted by Gasteiger charge is 2.36. The Morgan fingerprint density at radius 1 is 0.700 bits per heavy atom. The number of carbonyl (C=O) groups excluding carboxylic acids is 2. The summed E-state index contributed by atoms with van der Waals surface area (Å²) in [4.78, 5) is 46.0. The van der Waals surface area contributed by atoms with Crippen LogP contribution in [-0.4, -0.2) is 11.9 Å². The van der Waals surface area contributed by atoms with Crippen molar-refractivity contribution in [3.8, 4) is 0 Å². The van der Waals surface area contributed by atoms with Gasteiger partial charge in [0.1, 0.15) is 11.2 Å². The summed E-state index contributed by atoms with van der Waals surface area (Å²) in [6.45, 7) is 15.0. The highest BCUT2D eigenvalue weighted by molar-refractivity contribution is 5.72. The Kier molecular flexibility index (Phi) is 9.98. The molecule has 0 atom stereocenters. The maximum absolute atomic E-state index is 12.2. The standard InChI is InChI=1S/C24H38O6/c1-9-17(10-2)21(25)27-29-23(5,6)19-15-13-14-16-20(19)24(7,8)30-28-22(26)18(11-3)12-4/h13-18H,9-12H2,1-8H3. The molecule has 0 spiro atoms. The van der Waals surface area contributed by atoms with Crippen LogP contribution in [0.1, 0.15) is 92.2 Å². The van der Waals surface area contributed by atoms with E-state index in [0.29, 0.717) is 25.7 Å². The Morgan fingerprint density at radius 3 is 1.27 bits per heavy atom. The molecule has 170 valence electrons. The average molecular weight is 423 g/mol. The van der Waals surface area contributed by atoms with Crippen LogP contribution in [0.2, 0.25) is 0 Å². The molecule has 1 rings (SSSR count). The summed E-state index contributed by atoms with van der Waals surface area (Å²) >= 11 is 0. The van der Waals surface area contributed by atoms with Crippen molar-refractivity contribution in [2.45, 2.75) is 92.3 Å². The van der Waals surface area contributed by atoms with Crippen LogP contribution in [0.3, 0.4) is 0 Å². The SMILES string of the molecule is CCC(CC)C(=O)OOC(C)(C)c1ccccc1C(C)(C)OOC(=O)C(CC)CC. The van der Waals surface area contributed by atoms with Gasteiger partial charge < -0.3 is 0 Å². The highest BCUT2D eigenvalue weighted by atomic mass is 17.2. The van der Waals surface area contributed by atoms with Gasteiger partial charge >= 0.3 is 11.9 Å². The van der Waals surface area contributed by atoms with E-state index in [1.165, 1.54) is 0 Å². The molecule has 6 nitrogen and oxygen atoms in total. The van der Waals surface area contributed by atoms with Gasteiger partial charge in [-0.05, 0) is 64.5 Å². The lowest BCUT2D eigenvalue weighted by Gasteiger charge is -2.32. The van der Waals surface area contributed by atoms with Gasteiger partial charge in [-0.1, -0.05) is 52.0 Å². The first kappa shape index (κ1) is 26.1. The summed E-state index contributed by atoms with van der Waals surface area (Å²) < 4.78 is 0. The molecule has 0 heterocycles. The van der Waals surface area contributed by atoms with Crippen molar-refractivity contribution in [1.82, 2.24) is 0 Å². The van der Waals surface area contributed by atoms with Crippen molar-refractivity contribution in [3.63, 3.8) is 0 Å². The smallest absolute Gasteiger partial charge is 0.297 e. The Hall–Kier alpha value is -1.92. The minimum absolute atomic E-state index is 0.194. The van der Waals surface area contributed by atoms with Gasteiger partial charge in [0, 0.05) is 0 Å². The van der Waals surface area contributed by atoms with Crippen LogP contribution in [0.4, 0.5) is 0 Å². The number of rotatable bonds is 12. The Labute approximate surface area is 181 Å². The summed E-state index contributed by atoms with van der Waals surface area (Å²) in [6.07, 6.45) is 2.77. The van der Waals surface area contributed by atoms with Crippen LogP contribution in [0.5, 0.6) is 0 Å². The van der Waals surface area contributed by atoms with Crippen LogP contribution in [0.15, 0.2) is 24.3 Å². The maximum atomic E-state index is 12.2. The molecule has 30 heavy (non-hydrogen) atoms. The second-order valence-corrected chi connectivity index (χ2v) is 8.56. The van der Waals surface area contributed by atoms with Crippen molar-refractivity contribution in [2.24, 2.45) is 11.8 Å². The van der Waals surface area contributed by atoms with Gasteiger partial charge in [-0.15, -0.1) is 0 Å². The fourth-order valence-corrected chi connectivity index (χ4v) is 3.29. The number of carbonyl (C=O) groups is 2. The molecule has 0 saturated heterocycles. The van der Waals surface area contributed by atoms with Gasteiger partial charge in [0.15, 0.2) is 0 Å². The first-order valence-corrected chi connectivity index (χ1v) is 10.9. The van der Waals surface area contributed by atoms with Crippen molar-refractivity contribution in [2.75, 3.05) is 0 Å². The summed E-state index contributed by atoms with van der Waals surface area (Å²) in [5, 5.41) is 0. The molecular weight excluding hydrogens is 384 g/mol. The lowest BCUT2D eigenvalue weighted by molar-refractivity contribution is -0.339. The van der Waals surface area contributed by atoms with Crippen molar-refractivity contribution in [1.29, 1.82) is 0 Å². The Balaban J connectivity index is 3.01. The van der Waals surface area contributed by atoms with Crippen molar-refractivity contribution >= 4 is 11.9 Å². The van der Waals surface area contributed by atoms with Gasteiger partial charge in [0.2, 0.25) is 0 Å². The molecule has 0 aliphatic heterocycles. The molecule has 0 bridgehead atoms. The summed E-state index contributed by atoms with van der Waals surface area (Å²) in [5.74, 6) is -1.14.